The molecule has 3 rings (SSSR count). The van der Waals surface area contributed by atoms with Crippen LogP contribution in [0.25, 0.3) is 0 Å². The van der Waals surface area contributed by atoms with Gasteiger partial charge in [0.1, 0.15) is 5.82 Å². The third-order valence-corrected chi connectivity index (χ3v) is 7.53. The Kier molecular flexibility index (Phi) is 6.18. The van der Waals surface area contributed by atoms with Gasteiger partial charge >= 0.3 is 0 Å². The van der Waals surface area contributed by atoms with Crippen molar-refractivity contribution in [3.8, 4) is 0 Å². The summed E-state index contributed by atoms with van der Waals surface area (Å²) in [5.74, 6) is 0.848. The molecule has 7 nitrogen and oxygen atoms in total. The lowest BCUT2D eigenvalue weighted by atomic mass is 10.1. The standard InChI is InChI=1S/C19H27N5O2S2/c1-5-8-23-17(4)20-24(19(23)27)14-21-9-11-22(12-10-21)28(25,26)18-7-6-15(2)16(3)13-18/h5-7,13H,1,8-12,14H2,2-4H3. The van der Waals surface area contributed by atoms with Gasteiger partial charge in [0.2, 0.25) is 10.0 Å². The summed E-state index contributed by atoms with van der Waals surface area (Å²) in [5, 5.41) is 4.51. The maximum Gasteiger partial charge on any atom is 0.243 e. The minimum atomic E-state index is -3.47. The maximum absolute atomic E-state index is 13.0. The molecule has 28 heavy (non-hydrogen) atoms. The van der Waals surface area contributed by atoms with Gasteiger partial charge in [0.25, 0.3) is 0 Å². The van der Waals surface area contributed by atoms with Crippen molar-refractivity contribution < 1.29 is 8.42 Å². The molecule has 0 spiro atoms. The number of aryl methyl sites for hydroxylation is 3. The molecular formula is C19H27N5O2S2. The summed E-state index contributed by atoms with van der Waals surface area (Å²) >= 11 is 5.50. The molecule has 0 bridgehead atoms. The Morgan fingerprint density at radius 1 is 1.14 bits per heavy atom. The highest BCUT2D eigenvalue weighted by atomic mass is 32.2. The van der Waals surface area contributed by atoms with Gasteiger partial charge in [-0.2, -0.15) is 9.40 Å². The zero-order valence-corrected chi connectivity index (χ0v) is 18.3. The highest BCUT2D eigenvalue weighted by Crippen LogP contribution is 2.20. The predicted molar refractivity (Wildman–Crippen MR) is 112 cm³/mol. The van der Waals surface area contributed by atoms with Gasteiger partial charge in [0.05, 0.1) is 11.6 Å². The van der Waals surface area contributed by atoms with E-state index in [1.807, 2.05) is 31.4 Å². The fraction of sp³-hybridized carbons (Fsp3) is 0.474. The molecule has 2 aromatic rings. The fourth-order valence-electron chi connectivity index (χ4n) is 3.30. The summed E-state index contributed by atoms with van der Waals surface area (Å²) in [5.41, 5.74) is 2.08. The summed E-state index contributed by atoms with van der Waals surface area (Å²) < 4.78 is 31.8. The van der Waals surface area contributed by atoms with Crippen molar-refractivity contribution in [3.05, 3.63) is 52.6 Å². The first-order valence-electron chi connectivity index (χ1n) is 9.29. The second-order valence-corrected chi connectivity index (χ2v) is 9.44. The number of rotatable bonds is 6. The Hall–Kier alpha value is -1.81. The molecule has 0 saturated carbocycles. The Bertz CT molecular complexity index is 1030. The van der Waals surface area contributed by atoms with E-state index in [9.17, 15) is 8.42 Å². The number of nitrogens with zero attached hydrogens (tertiary/aromatic N) is 5. The number of benzene rings is 1. The van der Waals surface area contributed by atoms with E-state index < -0.39 is 10.0 Å². The number of sulfonamides is 1. The van der Waals surface area contributed by atoms with E-state index in [1.54, 1.807) is 27.2 Å². The first-order valence-corrected chi connectivity index (χ1v) is 11.1. The quantitative estimate of drug-likeness (QED) is 0.530. The van der Waals surface area contributed by atoms with Gasteiger partial charge in [0.15, 0.2) is 4.77 Å². The molecular weight excluding hydrogens is 394 g/mol. The SMILES string of the molecule is C=CCn1c(C)nn(CN2CCN(S(=O)(=O)c3ccc(C)c(C)c3)CC2)c1=S. The van der Waals surface area contributed by atoms with Crippen LogP contribution in [0.4, 0.5) is 0 Å². The van der Waals surface area contributed by atoms with Crippen LogP contribution in [0.5, 0.6) is 0 Å². The molecule has 1 aromatic heterocycles. The van der Waals surface area contributed by atoms with Gasteiger partial charge in [-0.1, -0.05) is 12.1 Å². The second kappa shape index (κ2) is 8.28. The number of allylic oxidation sites excluding steroid dienone is 1. The Balaban J connectivity index is 1.67. The van der Waals surface area contributed by atoms with Crippen LogP contribution in [0.1, 0.15) is 17.0 Å². The van der Waals surface area contributed by atoms with Gasteiger partial charge in [0, 0.05) is 32.7 Å². The lowest BCUT2D eigenvalue weighted by Gasteiger charge is -2.33. The lowest BCUT2D eigenvalue weighted by Crippen LogP contribution is -2.49. The van der Waals surface area contributed by atoms with Crippen LogP contribution >= 0.6 is 12.2 Å². The molecule has 0 N–H and O–H groups in total. The molecule has 1 fully saturated rings. The molecule has 0 radical (unpaired) electrons. The zero-order valence-electron chi connectivity index (χ0n) is 16.6. The fourth-order valence-corrected chi connectivity index (χ4v) is 5.12. The highest BCUT2D eigenvalue weighted by molar-refractivity contribution is 7.89. The summed E-state index contributed by atoms with van der Waals surface area (Å²) in [6.45, 7) is 13.0. The third-order valence-electron chi connectivity index (χ3n) is 5.20. The molecule has 0 unspecified atom stereocenters. The smallest absolute Gasteiger partial charge is 0.243 e. The minimum absolute atomic E-state index is 0.366. The van der Waals surface area contributed by atoms with Crippen molar-refractivity contribution in [2.75, 3.05) is 26.2 Å². The van der Waals surface area contributed by atoms with Crippen molar-refractivity contribution in [1.29, 1.82) is 0 Å². The third kappa shape index (κ3) is 4.12. The molecule has 1 aliphatic rings. The molecule has 0 atom stereocenters. The molecule has 1 aliphatic heterocycles. The van der Waals surface area contributed by atoms with Crippen molar-refractivity contribution in [3.63, 3.8) is 0 Å². The van der Waals surface area contributed by atoms with Crippen molar-refractivity contribution in [2.45, 2.75) is 38.9 Å². The molecule has 0 aliphatic carbocycles. The summed E-state index contributed by atoms with van der Waals surface area (Å²) in [6.07, 6.45) is 1.80. The zero-order chi connectivity index (χ0) is 20.5. The van der Waals surface area contributed by atoms with E-state index in [4.69, 9.17) is 12.2 Å². The van der Waals surface area contributed by atoms with Crippen molar-refractivity contribution in [1.82, 2.24) is 23.6 Å². The van der Waals surface area contributed by atoms with E-state index in [0.29, 0.717) is 49.1 Å². The average molecular weight is 422 g/mol. The van der Waals surface area contributed by atoms with Crippen LogP contribution in [0.15, 0.2) is 35.7 Å². The molecule has 2 heterocycles. The summed E-state index contributed by atoms with van der Waals surface area (Å²) in [4.78, 5) is 2.54. The predicted octanol–water partition coefficient (Wildman–Crippen LogP) is 2.49. The van der Waals surface area contributed by atoms with E-state index in [-0.39, 0.29) is 0 Å². The molecule has 9 heteroatoms. The number of piperazine rings is 1. The van der Waals surface area contributed by atoms with Gasteiger partial charge in [-0.3, -0.25) is 4.90 Å². The van der Waals surface area contributed by atoms with E-state index in [2.05, 4.69) is 16.6 Å². The van der Waals surface area contributed by atoms with Crippen LogP contribution < -0.4 is 0 Å². The number of aromatic nitrogens is 3. The molecule has 152 valence electrons. The van der Waals surface area contributed by atoms with E-state index >= 15 is 0 Å². The molecule has 1 aromatic carbocycles. The van der Waals surface area contributed by atoms with Crippen LogP contribution in [0.3, 0.4) is 0 Å². The van der Waals surface area contributed by atoms with Crippen LogP contribution in [0, 0.1) is 25.5 Å². The average Bonchev–Trinajstić information content (AvgIpc) is 2.92. The van der Waals surface area contributed by atoms with Crippen molar-refractivity contribution in [2.24, 2.45) is 0 Å². The van der Waals surface area contributed by atoms with Crippen LogP contribution in [-0.2, 0) is 23.2 Å². The first kappa shape index (κ1) is 20.9. The van der Waals surface area contributed by atoms with E-state index in [0.717, 1.165) is 17.0 Å². The van der Waals surface area contributed by atoms with Crippen LogP contribution in [0.2, 0.25) is 0 Å². The maximum atomic E-state index is 13.0. The monoisotopic (exact) mass is 421 g/mol. The Labute approximate surface area is 171 Å². The topological polar surface area (TPSA) is 63.4 Å². The molecule has 1 saturated heterocycles. The molecule has 0 amide bonds. The second-order valence-electron chi connectivity index (χ2n) is 7.14. The van der Waals surface area contributed by atoms with Gasteiger partial charge in [-0.15, -0.1) is 6.58 Å². The first-order chi connectivity index (χ1) is 13.2. The lowest BCUT2D eigenvalue weighted by molar-refractivity contribution is 0.144. The highest BCUT2D eigenvalue weighted by Gasteiger charge is 2.29. The Morgan fingerprint density at radius 3 is 2.43 bits per heavy atom. The van der Waals surface area contributed by atoms with Crippen LogP contribution in [-0.4, -0.2) is 58.1 Å². The van der Waals surface area contributed by atoms with Gasteiger partial charge < -0.3 is 4.57 Å². The summed E-state index contributed by atoms with van der Waals surface area (Å²) in [7, 11) is -3.47. The van der Waals surface area contributed by atoms with Crippen molar-refractivity contribution >= 4 is 22.2 Å². The van der Waals surface area contributed by atoms with Gasteiger partial charge in [-0.25, -0.2) is 13.1 Å². The largest absolute Gasteiger partial charge is 0.300 e. The summed E-state index contributed by atoms with van der Waals surface area (Å²) in [6, 6.07) is 5.31. The Morgan fingerprint density at radius 2 is 1.82 bits per heavy atom. The number of hydrogen-bond acceptors (Lipinski definition) is 5. The van der Waals surface area contributed by atoms with Gasteiger partial charge in [-0.05, 0) is 56.2 Å². The van der Waals surface area contributed by atoms with E-state index in [1.165, 1.54) is 0 Å². The minimum Gasteiger partial charge on any atom is -0.300 e. The number of hydrogen-bond donors (Lipinski definition) is 0. The normalized spacial score (nSPS) is 16.4.